The Morgan fingerprint density at radius 2 is 2.00 bits per heavy atom. The zero-order chi connectivity index (χ0) is 13.7. The Bertz CT molecular complexity index is 516. The van der Waals surface area contributed by atoms with Crippen LogP contribution in [0, 0.1) is 23.1 Å². The maximum absolute atomic E-state index is 13.4. The highest BCUT2D eigenvalue weighted by Crippen LogP contribution is 2.60. The molecule has 4 rings (SSSR count). The van der Waals surface area contributed by atoms with Gasteiger partial charge in [-0.25, -0.2) is 4.39 Å². The summed E-state index contributed by atoms with van der Waals surface area (Å²) in [4.78, 5) is 0. The molecule has 0 spiro atoms. The molecular weight excluding hydrogens is 317 g/mol. The van der Waals surface area contributed by atoms with Crippen LogP contribution in [0.5, 0.6) is 0 Å². The van der Waals surface area contributed by atoms with Crippen LogP contribution in [0.25, 0.3) is 0 Å². The number of nitrogens with one attached hydrogen (secondary N) is 1. The molecule has 3 fully saturated rings. The van der Waals surface area contributed by atoms with Crippen molar-refractivity contribution in [2.24, 2.45) is 17.3 Å². The lowest BCUT2D eigenvalue weighted by Gasteiger charge is -2.32. The largest absolute Gasteiger partial charge is 0.313 e. The Labute approximate surface area is 128 Å². The number of hydrogen-bond donors (Lipinski definition) is 1. The van der Waals surface area contributed by atoms with Crippen LogP contribution in [0.3, 0.4) is 0 Å². The minimum atomic E-state index is -0.159. The second-order valence-electron chi connectivity index (χ2n) is 7.24. The van der Waals surface area contributed by atoms with Crippen molar-refractivity contribution in [2.75, 3.05) is 6.54 Å². The van der Waals surface area contributed by atoms with Crippen molar-refractivity contribution in [2.45, 2.75) is 44.6 Å². The topological polar surface area (TPSA) is 12.0 Å². The van der Waals surface area contributed by atoms with Crippen molar-refractivity contribution in [1.29, 1.82) is 0 Å². The summed E-state index contributed by atoms with van der Waals surface area (Å²) < 4.78 is 14.0. The lowest BCUT2D eigenvalue weighted by Crippen LogP contribution is -2.36. The standard InChI is InChI=1S/C17H21BrFN/c18-15-5-11(1-4-16(15)19)7-17(10-20-14-2-3-14)8-12-6-13(12)9-17/h1,4-5,12-14,20H,2-3,6-10H2. The van der Waals surface area contributed by atoms with Gasteiger partial charge in [-0.1, -0.05) is 6.07 Å². The lowest BCUT2D eigenvalue weighted by atomic mass is 9.77. The Hall–Kier alpha value is -0.410. The van der Waals surface area contributed by atoms with Gasteiger partial charge >= 0.3 is 0 Å². The first-order valence-electron chi connectivity index (χ1n) is 7.81. The molecule has 0 aromatic heterocycles. The predicted molar refractivity (Wildman–Crippen MR) is 82.1 cm³/mol. The van der Waals surface area contributed by atoms with Gasteiger partial charge in [0.15, 0.2) is 0 Å². The van der Waals surface area contributed by atoms with E-state index in [9.17, 15) is 4.39 Å². The van der Waals surface area contributed by atoms with E-state index in [2.05, 4.69) is 21.2 Å². The van der Waals surface area contributed by atoms with Crippen LogP contribution in [0.1, 0.15) is 37.7 Å². The predicted octanol–water partition coefficient (Wildman–Crippen LogP) is 4.30. The molecule has 3 aliphatic carbocycles. The first-order valence-corrected chi connectivity index (χ1v) is 8.60. The molecule has 0 saturated heterocycles. The zero-order valence-corrected chi connectivity index (χ0v) is 13.3. The summed E-state index contributed by atoms with van der Waals surface area (Å²) in [6, 6.07) is 6.31. The number of benzene rings is 1. The van der Waals surface area contributed by atoms with Crippen LogP contribution in [-0.4, -0.2) is 12.6 Å². The Kier molecular flexibility index (Phi) is 3.19. The van der Waals surface area contributed by atoms with Crippen LogP contribution in [-0.2, 0) is 6.42 Å². The van der Waals surface area contributed by atoms with Crippen LogP contribution in [0.15, 0.2) is 22.7 Å². The van der Waals surface area contributed by atoms with E-state index in [0.29, 0.717) is 9.89 Å². The van der Waals surface area contributed by atoms with Crippen molar-refractivity contribution < 1.29 is 4.39 Å². The first-order chi connectivity index (χ1) is 9.63. The van der Waals surface area contributed by atoms with E-state index in [1.807, 2.05) is 12.1 Å². The quantitative estimate of drug-likeness (QED) is 0.844. The van der Waals surface area contributed by atoms with Gasteiger partial charge < -0.3 is 5.32 Å². The van der Waals surface area contributed by atoms with Crippen molar-refractivity contribution in [3.05, 3.63) is 34.1 Å². The van der Waals surface area contributed by atoms with Gasteiger partial charge in [0.1, 0.15) is 5.82 Å². The summed E-state index contributed by atoms with van der Waals surface area (Å²) in [5.41, 5.74) is 1.70. The van der Waals surface area contributed by atoms with Gasteiger partial charge in [0.25, 0.3) is 0 Å². The summed E-state index contributed by atoms with van der Waals surface area (Å²) in [6.07, 6.45) is 7.99. The van der Waals surface area contributed by atoms with Gasteiger partial charge in [-0.3, -0.25) is 0 Å². The molecule has 0 bridgehead atoms. The maximum atomic E-state index is 13.4. The van der Waals surface area contributed by atoms with Crippen molar-refractivity contribution in [3.8, 4) is 0 Å². The second-order valence-corrected chi connectivity index (χ2v) is 8.10. The lowest BCUT2D eigenvalue weighted by molar-refractivity contribution is 0.247. The summed E-state index contributed by atoms with van der Waals surface area (Å²) in [5.74, 6) is 1.81. The molecule has 1 nitrogen and oxygen atoms in total. The van der Waals surface area contributed by atoms with Crippen molar-refractivity contribution >= 4 is 15.9 Å². The summed E-state index contributed by atoms with van der Waals surface area (Å²) in [7, 11) is 0. The molecule has 20 heavy (non-hydrogen) atoms. The van der Waals surface area contributed by atoms with Gasteiger partial charge in [0.2, 0.25) is 0 Å². The smallest absolute Gasteiger partial charge is 0.137 e. The van der Waals surface area contributed by atoms with E-state index >= 15 is 0 Å². The van der Waals surface area contributed by atoms with Crippen LogP contribution in [0.2, 0.25) is 0 Å². The summed E-state index contributed by atoms with van der Waals surface area (Å²) >= 11 is 3.32. The van der Waals surface area contributed by atoms with E-state index in [1.54, 1.807) is 6.07 Å². The van der Waals surface area contributed by atoms with Gasteiger partial charge in [0.05, 0.1) is 4.47 Å². The minimum Gasteiger partial charge on any atom is -0.313 e. The first kappa shape index (κ1) is 13.3. The Balaban J connectivity index is 1.50. The average molecular weight is 338 g/mol. The van der Waals surface area contributed by atoms with E-state index in [1.165, 1.54) is 37.7 Å². The fraction of sp³-hybridized carbons (Fsp3) is 0.647. The fourth-order valence-corrected chi connectivity index (χ4v) is 4.51. The highest BCUT2D eigenvalue weighted by molar-refractivity contribution is 9.10. The fourth-order valence-electron chi connectivity index (χ4n) is 4.09. The molecule has 1 aromatic carbocycles. The summed E-state index contributed by atoms with van der Waals surface area (Å²) in [6.45, 7) is 1.15. The van der Waals surface area contributed by atoms with E-state index in [4.69, 9.17) is 0 Å². The van der Waals surface area contributed by atoms with Gasteiger partial charge in [-0.05, 0) is 89.4 Å². The number of halogens is 2. The molecule has 108 valence electrons. The molecule has 0 amide bonds. The Morgan fingerprint density at radius 1 is 1.25 bits per heavy atom. The van der Waals surface area contributed by atoms with Crippen molar-refractivity contribution in [1.82, 2.24) is 5.32 Å². The molecular formula is C17H21BrFN. The number of hydrogen-bond acceptors (Lipinski definition) is 1. The van der Waals surface area contributed by atoms with Crippen LogP contribution >= 0.6 is 15.9 Å². The molecule has 2 unspecified atom stereocenters. The zero-order valence-electron chi connectivity index (χ0n) is 11.7. The minimum absolute atomic E-state index is 0.159. The number of fused-ring (bicyclic) bond motifs is 1. The third-order valence-electron chi connectivity index (χ3n) is 5.37. The highest BCUT2D eigenvalue weighted by Gasteiger charge is 2.53. The third kappa shape index (κ3) is 2.67. The molecule has 1 aromatic rings. The molecule has 3 aliphatic rings. The molecule has 3 saturated carbocycles. The van der Waals surface area contributed by atoms with E-state index in [0.717, 1.165) is 30.8 Å². The van der Waals surface area contributed by atoms with Crippen molar-refractivity contribution in [3.63, 3.8) is 0 Å². The Morgan fingerprint density at radius 3 is 2.65 bits per heavy atom. The van der Waals surface area contributed by atoms with Crippen LogP contribution in [0.4, 0.5) is 4.39 Å². The number of rotatable bonds is 5. The average Bonchev–Trinajstić information content (AvgIpc) is 3.33. The third-order valence-corrected chi connectivity index (χ3v) is 5.97. The monoisotopic (exact) mass is 337 g/mol. The SMILES string of the molecule is Fc1ccc(CC2(CNC3CC3)CC3CC3C2)cc1Br. The molecule has 3 heteroatoms. The molecule has 1 N–H and O–H groups in total. The normalized spacial score (nSPS) is 35.1. The maximum Gasteiger partial charge on any atom is 0.137 e. The molecule has 0 radical (unpaired) electrons. The highest BCUT2D eigenvalue weighted by atomic mass is 79.9. The van der Waals surface area contributed by atoms with Gasteiger partial charge in [0, 0.05) is 12.6 Å². The van der Waals surface area contributed by atoms with Gasteiger partial charge in [-0.2, -0.15) is 0 Å². The summed E-state index contributed by atoms with van der Waals surface area (Å²) in [5, 5.41) is 3.74. The van der Waals surface area contributed by atoms with Crippen LogP contribution < -0.4 is 5.32 Å². The van der Waals surface area contributed by atoms with E-state index in [-0.39, 0.29) is 5.82 Å². The molecule has 2 atom stereocenters. The molecule has 0 aliphatic heterocycles. The molecule has 0 heterocycles. The van der Waals surface area contributed by atoms with E-state index < -0.39 is 0 Å². The second kappa shape index (κ2) is 4.81. The van der Waals surface area contributed by atoms with Gasteiger partial charge in [-0.15, -0.1) is 0 Å².